The van der Waals surface area contributed by atoms with Crippen molar-refractivity contribution in [1.82, 2.24) is 0 Å². The smallest absolute Gasteiger partial charge is 1.00 e. The van der Waals surface area contributed by atoms with Crippen LogP contribution in [0.15, 0.2) is 0 Å². The van der Waals surface area contributed by atoms with Crippen molar-refractivity contribution in [3.8, 4) is 0 Å². The summed E-state index contributed by atoms with van der Waals surface area (Å²) in [6, 6.07) is -1.13. The molecule has 0 saturated heterocycles. The summed E-state index contributed by atoms with van der Waals surface area (Å²) in [5.41, 5.74) is 4.77. The van der Waals surface area contributed by atoms with Crippen molar-refractivity contribution in [3.63, 3.8) is 0 Å². The van der Waals surface area contributed by atoms with Gasteiger partial charge in [0.15, 0.2) is 0 Å². The first-order valence-corrected chi connectivity index (χ1v) is 1.77. The maximum absolute atomic E-state index is 9.65. The normalized spacial score (nSPS) is 11.8. The molecule has 46 valence electrons. The van der Waals surface area contributed by atoms with Crippen LogP contribution in [0.4, 0.5) is 0 Å². The number of aliphatic carboxylic acids is 1. The van der Waals surface area contributed by atoms with Gasteiger partial charge in [0.25, 0.3) is 0 Å². The minimum atomic E-state index is -1.18. The molecule has 0 aromatic rings. The van der Waals surface area contributed by atoms with E-state index >= 15 is 0 Å². The van der Waals surface area contributed by atoms with Crippen LogP contribution in [0.1, 0.15) is 2.85 Å². The van der Waals surface area contributed by atoms with Crippen molar-refractivity contribution in [2.24, 2.45) is 5.73 Å². The van der Waals surface area contributed by atoms with E-state index in [0.29, 0.717) is 0 Å². The van der Waals surface area contributed by atoms with Crippen molar-refractivity contribution in [2.45, 2.75) is 6.04 Å². The van der Waals surface area contributed by atoms with Crippen LogP contribution in [-0.2, 0) is 4.79 Å². The Bertz CT molecular complexity index is 84.1. The summed E-state index contributed by atoms with van der Waals surface area (Å²) in [6.07, 6.45) is 0. The van der Waals surface area contributed by atoms with Crippen molar-refractivity contribution >= 4 is 43.7 Å². The molecule has 0 aliphatic carbocycles. The first-order valence-electron chi connectivity index (χ1n) is 1.77. The molecule has 0 bridgehead atoms. The number of nitrogens with two attached hydrogens (primary N) is 1. The Balaban J connectivity index is -0.0000000600. The van der Waals surface area contributed by atoms with Crippen LogP contribution in [0.3, 0.4) is 0 Å². The van der Waals surface area contributed by atoms with Crippen LogP contribution in [-0.4, -0.2) is 66.6 Å². The summed E-state index contributed by atoms with van der Waals surface area (Å²) >= 11 is 0. The van der Waals surface area contributed by atoms with Crippen LogP contribution in [0.25, 0.3) is 0 Å². The Morgan fingerprint density at radius 3 is 2.25 bits per heavy atom. The van der Waals surface area contributed by atoms with E-state index in [1.54, 1.807) is 0 Å². The predicted octanol–water partition coefficient (Wildman–Crippen LogP) is -1.77. The number of aliphatic hydroxyl groups excluding tert-OH is 1. The fourth-order valence-electron chi connectivity index (χ4n) is 0.0781. The second-order valence-electron chi connectivity index (χ2n) is 1.13. The number of rotatable bonds is 2. The zero-order valence-electron chi connectivity index (χ0n) is 6.37. The van der Waals surface area contributed by atoms with E-state index in [9.17, 15) is 4.79 Å². The summed E-state index contributed by atoms with van der Waals surface area (Å²) < 4.78 is 0. The minimum Gasteiger partial charge on any atom is -1.00 e. The molecule has 0 unspecified atom stereocenters. The van der Waals surface area contributed by atoms with E-state index in [0.717, 1.165) is 0 Å². The van der Waals surface area contributed by atoms with Crippen molar-refractivity contribution < 1.29 is 17.9 Å². The summed E-state index contributed by atoms with van der Waals surface area (Å²) in [6.45, 7) is -0.505. The van der Waals surface area contributed by atoms with E-state index in [2.05, 4.69) is 0 Å². The zero-order valence-corrected chi connectivity index (χ0v) is 6.58. The fourth-order valence-corrected chi connectivity index (χ4v) is 0.0781. The molecule has 4 N–H and O–H groups in total. The van der Waals surface area contributed by atoms with Crippen molar-refractivity contribution in [2.75, 3.05) is 6.61 Å². The van der Waals surface area contributed by atoms with Gasteiger partial charge in [0.1, 0.15) is 6.04 Å². The van der Waals surface area contributed by atoms with Crippen LogP contribution >= 0.6 is 0 Å². The molecule has 4 nitrogen and oxygen atoms in total. The molecule has 0 fully saturated rings. The average molecular weight is 147 g/mol. The number of aliphatic hydroxyl groups is 1. The molecular weight excluding hydrogens is 138 g/mol. The van der Waals surface area contributed by atoms with Gasteiger partial charge in [0.2, 0.25) is 0 Å². The van der Waals surface area contributed by atoms with Crippen LogP contribution in [0.2, 0.25) is 0 Å². The van der Waals surface area contributed by atoms with E-state index in [1.165, 1.54) is 0 Å². The minimum absolute atomic E-state index is 0. The van der Waals surface area contributed by atoms with Gasteiger partial charge in [-0.25, -0.2) is 0 Å². The Hall–Kier alpha value is 0.650. The quantitative estimate of drug-likeness (QED) is 0.404. The van der Waals surface area contributed by atoms with Crippen LogP contribution in [0, 0.1) is 0 Å². The van der Waals surface area contributed by atoms with E-state index in [4.69, 9.17) is 15.9 Å². The number of carboxylic acids is 1. The molecule has 0 aromatic heterocycles. The molecule has 0 aliphatic rings. The molecule has 0 spiro atoms. The van der Waals surface area contributed by atoms with Crippen LogP contribution < -0.4 is 5.73 Å². The SMILES string of the molecule is N[C@@H](CO)C(=O)O.[Ca+2].[H-].[H-]. The van der Waals surface area contributed by atoms with Gasteiger partial charge in [0, 0.05) is 0 Å². The number of carboxylic acid groups (broad SMARTS) is 1. The standard InChI is InChI=1S/C3H7NO3.Ca.2H/c4-2(1-5)3(6)7;;;/h2,5H,1,4H2,(H,6,7);;;/q;+2;2*-1/t2-;;;/m0.../s1. The van der Waals surface area contributed by atoms with Crippen molar-refractivity contribution in [3.05, 3.63) is 0 Å². The largest absolute Gasteiger partial charge is 2.00 e. The summed E-state index contributed by atoms with van der Waals surface area (Å²) in [7, 11) is 0. The van der Waals surface area contributed by atoms with Gasteiger partial charge in [-0.15, -0.1) is 0 Å². The molecule has 8 heavy (non-hydrogen) atoms. The van der Waals surface area contributed by atoms with Gasteiger partial charge >= 0.3 is 43.7 Å². The molecule has 0 rings (SSSR count). The fraction of sp³-hybridized carbons (Fsp3) is 0.667. The third kappa shape index (κ3) is 4.80. The number of hydrogen-bond acceptors (Lipinski definition) is 3. The summed E-state index contributed by atoms with van der Waals surface area (Å²) in [4.78, 5) is 9.65. The van der Waals surface area contributed by atoms with E-state index < -0.39 is 18.6 Å². The molecule has 0 aliphatic heterocycles. The molecule has 0 heterocycles. The second-order valence-corrected chi connectivity index (χ2v) is 1.13. The Morgan fingerprint density at radius 2 is 2.25 bits per heavy atom. The first kappa shape index (κ1) is 11.4. The van der Waals surface area contributed by atoms with Gasteiger partial charge in [0.05, 0.1) is 6.61 Å². The molecule has 0 saturated carbocycles. The van der Waals surface area contributed by atoms with Gasteiger partial charge in [-0.3, -0.25) is 4.79 Å². The van der Waals surface area contributed by atoms with Gasteiger partial charge in [-0.1, -0.05) is 0 Å². The topological polar surface area (TPSA) is 83.5 Å². The zero-order chi connectivity index (χ0) is 5.86. The van der Waals surface area contributed by atoms with Crippen LogP contribution in [0.5, 0.6) is 0 Å². The summed E-state index contributed by atoms with van der Waals surface area (Å²) in [5.74, 6) is -1.18. The Labute approximate surface area is 79.6 Å². The molecule has 1 atom stereocenters. The van der Waals surface area contributed by atoms with Gasteiger partial charge < -0.3 is 18.8 Å². The first-order chi connectivity index (χ1) is 3.18. The summed E-state index contributed by atoms with van der Waals surface area (Å²) in [5, 5.41) is 15.9. The monoisotopic (exact) mass is 147 g/mol. The molecule has 0 radical (unpaired) electrons. The molecule has 0 aromatic carbocycles. The average Bonchev–Trinajstić information content (AvgIpc) is 1.65. The third-order valence-electron chi connectivity index (χ3n) is 0.514. The maximum atomic E-state index is 9.65. The molecular formula is C3H9CaNO3. The van der Waals surface area contributed by atoms with E-state index in [-0.39, 0.29) is 40.6 Å². The molecule has 5 heteroatoms. The second kappa shape index (κ2) is 5.78. The predicted molar refractivity (Wildman–Crippen MR) is 30.7 cm³/mol. The Kier molecular flexibility index (Phi) is 8.27. The van der Waals surface area contributed by atoms with E-state index in [1.807, 2.05) is 0 Å². The number of hydrogen-bond donors (Lipinski definition) is 3. The maximum Gasteiger partial charge on any atom is 2.00 e. The Morgan fingerprint density at radius 1 is 1.88 bits per heavy atom. The van der Waals surface area contributed by atoms with Crippen molar-refractivity contribution in [1.29, 1.82) is 0 Å². The third-order valence-corrected chi connectivity index (χ3v) is 0.514. The number of carbonyl (C=O) groups is 1. The van der Waals surface area contributed by atoms with Gasteiger partial charge in [-0.05, 0) is 0 Å². The van der Waals surface area contributed by atoms with Gasteiger partial charge in [-0.2, -0.15) is 0 Å². The molecule has 0 amide bonds.